The van der Waals surface area contributed by atoms with Crippen LogP contribution in [0, 0.1) is 5.92 Å². The zero-order valence-electron chi connectivity index (χ0n) is 11.1. The normalized spacial score (nSPS) is 22.2. The molecule has 0 spiro atoms. The van der Waals surface area contributed by atoms with Crippen LogP contribution in [0.4, 0.5) is 0 Å². The number of rotatable bonds is 5. The van der Waals surface area contributed by atoms with Crippen LogP contribution in [0.3, 0.4) is 0 Å². The summed E-state index contributed by atoms with van der Waals surface area (Å²) in [5.41, 5.74) is 0. The number of hydrogen-bond donors (Lipinski definition) is 2. The van der Waals surface area contributed by atoms with Gasteiger partial charge in [0.15, 0.2) is 0 Å². The third-order valence-corrected chi connectivity index (χ3v) is 4.42. The van der Waals surface area contributed by atoms with E-state index in [4.69, 9.17) is 5.11 Å². The summed E-state index contributed by atoms with van der Waals surface area (Å²) in [6.07, 6.45) is 6.38. The third kappa shape index (κ3) is 4.52. The van der Waals surface area contributed by atoms with Gasteiger partial charge in [0.25, 0.3) is 0 Å². The van der Waals surface area contributed by atoms with Crippen LogP contribution in [-0.2, 0) is 9.59 Å². The maximum Gasteiger partial charge on any atom is 0.306 e. The number of hydrogen-bond acceptors (Lipinski definition) is 4. The first-order valence-electron chi connectivity index (χ1n) is 6.70. The van der Waals surface area contributed by atoms with Gasteiger partial charge in [0.05, 0.1) is 11.7 Å². The fraction of sp³-hybridized carbons (Fsp3) is 0.500. The van der Waals surface area contributed by atoms with Gasteiger partial charge < -0.3 is 10.4 Å². The molecule has 2 N–H and O–H groups in total. The molecule has 1 fully saturated rings. The van der Waals surface area contributed by atoms with E-state index in [1.807, 2.05) is 12.1 Å². The summed E-state index contributed by atoms with van der Waals surface area (Å²) in [5.74, 6) is -0.766. The van der Waals surface area contributed by atoms with Gasteiger partial charge in [-0.25, -0.2) is 0 Å². The summed E-state index contributed by atoms with van der Waals surface area (Å²) in [6.45, 7) is 0. The molecule has 0 aromatic carbocycles. The van der Waals surface area contributed by atoms with Gasteiger partial charge in [-0.05, 0) is 31.4 Å². The predicted octanol–water partition coefficient (Wildman–Crippen LogP) is 1.93. The lowest BCUT2D eigenvalue weighted by atomic mass is 9.86. The van der Waals surface area contributed by atoms with Crippen molar-refractivity contribution in [3.63, 3.8) is 0 Å². The van der Waals surface area contributed by atoms with E-state index in [1.165, 1.54) is 11.8 Å². The average molecular weight is 294 g/mol. The van der Waals surface area contributed by atoms with Crippen molar-refractivity contribution < 1.29 is 14.7 Å². The molecule has 20 heavy (non-hydrogen) atoms. The third-order valence-electron chi connectivity index (χ3n) is 3.41. The average Bonchev–Trinajstić information content (AvgIpc) is 2.46. The van der Waals surface area contributed by atoms with Crippen molar-refractivity contribution in [2.24, 2.45) is 5.92 Å². The van der Waals surface area contributed by atoms with Crippen LogP contribution < -0.4 is 5.32 Å². The summed E-state index contributed by atoms with van der Waals surface area (Å²) < 4.78 is 0. The van der Waals surface area contributed by atoms with Gasteiger partial charge >= 0.3 is 5.97 Å². The topological polar surface area (TPSA) is 79.3 Å². The molecule has 108 valence electrons. The Hall–Kier alpha value is -1.56. The van der Waals surface area contributed by atoms with E-state index in [2.05, 4.69) is 10.3 Å². The molecule has 0 saturated heterocycles. The number of amides is 1. The molecule has 0 aliphatic heterocycles. The molecule has 1 aliphatic rings. The second-order valence-electron chi connectivity index (χ2n) is 4.94. The number of nitrogens with zero attached hydrogens (tertiary/aromatic N) is 1. The molecule has 1 saturated carbocycles. The molecular weight excluding hydrogens is 276 g/mol. The Bertz CT molecular complexity index is 467. The number of nitrogens with one attached hydrogen (secondary N) is 1. The molecule has 1 amide bonds. The van der Waals surface area contributed by atoms with Gasteiger partial charge in [0.1, 0.15) is 0 Å². The SMILES string of the molecule is O=C(CSc1ccncc1)NC1CCCC(C(=O)O)C1. The predicted molar refractivity (Wildman–Crippen MR) is 76.5 cm³/mol. The van der Waals surface area contributed by atoms with Gasteiger partial charge in [-0.3, -0.25) is 14.6 Å². The van der Waals surface area contributed by atoms with Crippen molar-refractivity contribution in [2.45, 2.75) is 36.6 Å². The summed E-state index contributed by atoms with van der Waals surface area (Å²) in [5, 5.41) is 12.0. The second kappa shape index (κ2) is 7.28. The minimum atomic E-state index is -0.755. The molecule has 2 unspecified atom stereocenters. The fourth-order valence-electron chi connectivity index (χ4n) is 2.40. The quantitative estimate of drug-likeness (QED) is 0.811. The Labute approximate surface area is 122 Å². The monoisotopic (exact) mass is 294 g/mol. The molecule has 1 aromatic heterocycles. The van der Waals surface area contributed by atoms with E-state index >= 15 is 0 Å². The maximum atomic E-state index is 11.9. The molecule has 1 aliphatic carbocycles. The molecule has 0 radical (unpaired) electrons. The van der Waals surface area contributed by atoms with Crippen molar-refractivity contribution in [3.05, 3.63) is 24.5 Å². The van der Waals surface area contributed by atoms with Crippen LogP contribution in [0.5, 0.6) is 0 Å². The van der Waals surface area contributed by atoms with Crippen LogP contribution >= 0.6 is 11.8 Å². The van der Waals surface area contributed by atoms with E-state index in [0.29, 0.717) is 18.6 Å². The smallest absolute Gasteiger partial charge is 0.306 e. The van der Waals surface area contributed by atoms with Crippen molar-refractivity contribution in [1.82, 2.24) is 10.3 Å². The van der Waals surface area contributed by atoms with Crippen LogP contribution in [0.15, 0.2) is 29.4 Å². The fourth-order valence-corrected chi connectivity index (χ4v) is 3.09. The highest BCUT2D eigenvalue weighted by molar-refractivity contribution is 8.00. The summed E-state index contributed by atoms with van der Waals surface area (Å²) >= 11 is 1.46. The standard InChI is InChI=1S/C14H18N2O3S/c17-13(9-20-12-4-6-15-7-5-12)16-11-3-1-2-10(8-11)14(18)19/h4-7,10-11H,1-3,8-9H2,(H,16,17)(H,18,19). The number of aliphatic carboxylic acids is 1. The first kappa shape index (κ1) is 14.8. The lowest BCUT2D eigenvalue weighted by molar-refractivity contribution is -0.143. The van der Waals surface area contributed by atoms with Gasteiger partial charge in [-0.2, -0.15) is 0 Å². The highest BCUT2D eigenvalue weighted by atomic mass is 32.2. The first-order chi connectivity index (χ1) is 9.65. The second-order valence-corrected chi connectivity index (χ2v) is 5.99. The number of carbonyl (C=O) groups is 2. The zero-order valence-corrected chi connectivity index (χ0v) is 11.9. The van der Waals surface area contributed by atoms with Crippen molar-refractivity contribution in [2.75, 3.05) is 5.75 Å². The highest BCUT2D eigenvalue weighted by Gasteiger charge is 2.27. The van der Waals surface area contributed by atoms with E-state index in [0.717, 1.165) is 17.7 Å². The molecule has 2 atom stereocenters. The highest BCUT2D eigenvalue weighted by Crippen LogP contribution is 2.24. The molecule has 6 heteroatoms. The van der Waals surface area contributed by atoms with Crippen LogP contribution in [0.2, 0.25) is 0 Å². The molecule has 1 heterocycles. The van der Waals surface area contributed by atoms with Gasteiger partial charge in [-0.15, -0.1) is 11.8 Å². The van der Waals surface area contributed by atoms with Crippen LogP contribution in [0.1, 0.15) is 25.7 Å². The van der Waals surface area contributed by atoms with E-state index in [-0.39, 0.29) is 17.9 Å². The van der Waals surface area contributed by atoms with Crippen molar-refractivity contribution in [1.29, 1.82) is 0 Å². The van der Waals surface area contributed by atoms with E-state index in [9.17, 15) is 9.59 Å². The van der Waals surface area contributed by atoms with Gasteiger partial charge in [0.2, 0.25) is 5.91 Å². The molecular formula is C14H18N2O3S. The Morgan fingerprint density at radius 3 is 2.80 bits per heavy atom. The maximum absolute atomic E-state index is 11.9. The largest absolute Gasteiger partial charge is 0.481 e. The Kier molecular flexibility index (Phi) is 5.40. The van der Waals surface area contributed by atoms with Gasteiger partial charge in [-0.1, -0.05) is 6.42 Å². The minimum Gasteiger partial charge on any atom is -0.481 e. The molecule has 5 nitrogen and oxygen atoms in total. The lowest BCUT2D eigenvalue weighted by Crippen LogP contribution is -2.40. The summed E-state index contributed by atoms with van der Waals surface area (Å²) in [4.78, 5) is 27.8. The molecule has 1 aromatic rings. The summed E-state index contributed by atoms with van der Waals surface area (Å²) in [7, 11) is 0. The van der Waals surface area contributed by atoms with Crippen LogP contribution in [-0.4, -0.2) is 33.8 Å². The zero-order chi connectivity index (χ0) is 14.4. The number of pyridine rings is 1. The van der Waals surface area contributed by atoms with Crippen LogP contribution in [0.25, 0.3) is 0 Å². The van der Waals surface area contributed by atoms with Crippen molar-refractivity contribution in [3.8, 4) is 0 Å². The van der Waals surface area contributed by atoms with Crippen molar-refractivity contribution >= 4 is 23.6 Å². The minimum absolute atomic E-state index is 0.00427. The molecule has 2 rings (SSSR count). The molecule has 0 bridgehead atoms. The van der Waals surface area contributed by atoms with E-state index in [1.54, 1.807) is 12.4 Å². The number of carboxylic acid groups (broad SMARTS) is 1. The number of thioether (sulfide) groups is 1. The summed E-state index contributed by atoms with van der Waals surface area (Å²) in [6, 6.07) is 3.72. The Morgan fingerprint density at radius 1 is 1.35 bits per heavy atom. The van der Waals surface area contributed by atoms with E-state index < -0.39 is 5.97 Å². The Morgan fingerprint density at radius 2 is 2.10 bits per heavy atom. The van der Waals surface area contributed by atoms with Gasteiger partial charge in [0, 0.05) is 23.3 Å². The number of carbonyl (C=O) groups excluding carboxylic acids is 1. The lowest BCUT2D eigenvalue weighted by Gasteiger charge is -2.27. The first-order valence-corrected chi connectivity index (χ1v) is 7.68. The number of aromatic nitrogens is 1. The number of carboxylic acids is 1. The Balaban J connectivity index is 1.75.